The van der Waals surface area contributed by atoms with E-state index in [0.29, 0.717) is 25.1 Å². The number of hydrogen-bond acceptors (Lipinski definition) is 3. The van der Waals surface area contributed by atoms with Gasteiger partial charge in [0.2, 0.25) is 11.8 Å². The van der Waals surface area contributed by atoms with Crippen LogP contribution in [0.5, 0.6) is 0 Å². The van der Waals surface area contributed by atoms with Crippen LogP contribution in [-0.4, -0.2) is 25.9 Å². The number of amides is 2. The second kappa shape index (κ2) is 7.20. The molecule has 0 aromatic heterocycles. The number of nitrogens with zero attached hydrogens (tertiary/aromatic N) is 1. The predicted octanol–water partition coefficient (Wildman–Crippen LogP) is 3.10. The Labute approximate surface area is 154 Å². The minimum absolute atomic E-state index is 0.194. The van der Waals surface area contributed by atoms with Crippen LogP contribution in [0.2, 0.25) is 0 Å². The molecule has 5 nitrogen and oxygen atoms in total. The second-order valence-electron chi connectivity index (χ2n) is 7.15. The molecule has 2 aromatic rings. The van der Waals surface area contributed by atoms with Crippen molar-refractivity contribution in [3.05, 3.63) is 59.7 Å². The van der Waals surface area contributed by atoms with E-state index in [4.69, 9.17) is 0 Å². The van der Waals surface area contributed by atoms with Crippen LogP contribution in [0.15, 0.2) is 48.5 Å². The van der Waals surface area contributed by atoms with E-state index in [2.05, 4.69) is 10.6 Å². The van der Waals surface area contributed by atoms with Gasteiger partial charge >= 0.3 is 0 Å². The van der Waals surface area contributed by atoms with Crippen molar-refractivity contribution >= 4 is 23.2 Å². The van der Waals surface area contributed by atoms with Gasteiger partial charge < -0.3 is 15.5 Å². The number of benzene rings is 2. The molecule has 1 fully saturated rings. The number of carbonyl (C=O) groups excluding carboxylic acids is 2. The van der Waals surface area contributed by atoms with E-state index in [1.54, 1.807) is 0 Å². The van der Waals surface area contributed by atoms with E-state index < -0.39 is 5.41 Å². The molecule has 2 amide bonds. The number of hydrogen-bond donors (Lipinski definition) is 2. The van der Waals surface area contributed by atoms with Crippen LogP contribution in [0.4, 0.5) is 11.4 Å². The van der Waals surface area contributed by atoms with Gasteiger partial charge in [-0.25, -0.2) is 0 Å². The molecular formula is C21H25N3O2. The quantitative estimate of drug-likeness (QED) is 0.786. The summed E-state index contributed by atoms with van der Waals surface area (Å²) in [6, 6.07) is 15.6. The number of aryl methyl sites for hydroxylation is 1. The largest absolute Gasteiger partial charge is 0.378 e. The van der Waals surface area contributed by atoms with Gasteiger partial charge in [0.05, 0.1) is 0 Å². The first-order valence-electron chi connectivity index (χ1n) is 8.83. The zero-order chi connectivity index (χ0) is 18.7. The minimum Gasteiger partial charge on any atom is -0.378 e. The highest BCUT2D eigenvalue weighted by atomic mass is 16.2. The number of carbonyl (C=O) groups is 2. The van der Waals surface area contributed by atoms with Gasteiger partial charge in [0.25, 0.3) is 0 Å². The van der Waals surface area contributed by atoms with E-state index in [0.717, 1.165) is 11.3 Å². The van der Waals surface area contributed by atoms with Crippen LogP contribution < -0.4 is 15.5 Å². The smallest absolute Gasteiger partial charge is 0.240 e. The average molecular weight is 351 g/mol. The average Bonchev–Trinajstić information content (AvgIpc) is 3.43. The molecule has 1 saturated carbocycles. The predicted molar refractivity (Wildman–Crippen MR) is 104 cm³/mol. The Bertz CT molecular complexity index is 791. The van der Waals surface area contributed by atoms with Crippen LogP contribution in [0, 0.1) is 12.3 Å². The Kier molecular flexibility index (Phi) is 4.98. The van der Waals surface area contributed by atoms with Crippen molar-refractivity contribution in [1.82, 2.24) is 5.32 Å². The molecule has 0 atom stereocenters. The SMILES string of the molecule is Cc1ccc(CNC(=O)C2(C(=O)Nc3ccc(N(C)C)cc3)CC2)cc1. The molecule has 26 heavy (non-hydrogen) atoms. The maximum Gasteiger partial charge on any atom is 0.240 e. The Morgan fingerprint density at radius 2 is 1.58 bits per heavy atom. The molecule has 0 unspecified atom stereocenters. The van der Waals surface area contributed by atoms with Gasteiger partial charge in [-0.2, -0.15) is 0 Å². The van der Waals surface area contributed by atoms with Crippen molar-refractivity contribution in [2.75, 3.05) is 24.3 Å². The summed E-state index contributed by atoms with van der Waals surface area (Å²) in [7, 11) is 3.93. The summed E-state index contributed by atoms with van der Waals surface area (Å²) in [5, 5.41) is 5.78. The van der Waals surface area contributed by atoms with Crippen molar-refractivity contribution in [3.8, 4) is 0 Å². The fourth-order valence-electron chi connectivity index (χ4n) is 2.83. The molecule has 0 saturated heterocycles. The zero-order valence-electron chi connectivity index (χ0n) is 15.5. The summed E-state index contributed by atoms with van der Waals surface area (Å²) in [5.41, 5.74) is 3.04. The number of nitrogens with one attached hydrogen (secondary N) is 2. The fraction of sp³-hybridized carbons (Fsp3) is 0.333. The Balaban J connectivity index is 1.59. The van der Waals surface area contributed by atoms with Gasteiger partial charge in [-0.3, -0.25) is 9.59 Å². The summed E-state index contributed by atoms with van der Waals surface area (Å²) < 4.78 is 0. The number of rotatable bonds is 6. The zero-order valence-corrected chi connectivity index (χ0v) is 15.5. The topological polar surface area (TPSA) is 61.4 Å². The molecule has 2 aromatic carbocycles. The van der Waals surface area contributed by atoms with Gasteiger partial charge in [-0.15, -0.1) is 0 Å². The maximum absolute atomic E-state index is 12.6. The van der Waals surface area contributed by atoms with E-state index in [1.165, 1.54) is 5.56 Å². The highest BCUT2D eigenvalue weighted by Gasteiger charge is 2.56. The Morgan fingerprint density at radius 3 is 2.12 bits per heavy atom. The number of anilines is 2. The molecule has 0 aliphatic heterocycles. The molecule has 0 radical (unpaired) electrons. The lowest BCUT2D eigenvalue weighted by Gasteiger charge is -2.17. The highest BCUT2D eigenvalue weighted by molar-refractivity contribution is 6.13. The first-order valence-corrected chi connectivity index (χ1v) is 8.83. The molecule has 1 aliphatic carbocycles. The third kappa shape index (κ3) is 3.87. The van der Waals surface area contributed by atoms with Crippen molar-refractivity contribution in [2.24, 2.45) is 5.41 Å². The normalized spacial score (nSPS) is 14.4. The van der Waals surface area contributed by atoms with Crippen LogP contribution in [0.3, 0.4) is 0 Å². The maximum atomic E-state index is 12.6. The molecular weight excluding hydrogens is 326 g/mol. The Hall–Kier alpha value is -2.82. The lowest BCUT2D eigenvalue weighted by Crippen LogP contribution is -2.39. The standard InChI is InChI=1S/C21H25N3O2/c1-15-4-6-16(7-5-15)14-22-19(25)21(12-13-21)20(26)23-17-8-10-18(11-9-17)24(2)3/h4-11H,12-14H2,1-3H3,(H,22,25)(H,23,26). The molecule has 0 spiro atoms. The third-order valence-electron chi connectivity index (χ3n) is 4.83. The van der Waals surface area contributed by atoms with Crippen LogP contribution in [-0.2, 0) is 16.1 Å². The van der Waals surface area contributed by atoms with Gasteiger partial charge in [0, 0.05) is 32.0 Å². The van der Waals surface area contributed by atoms with Crippen LogP contribution in [0.25, 0.3) is 0 Å². The lowest BCUT2D eigenvalue weighted by atomic mass is 10.0. The fourth-order valence-corrected chi connectivity index (χ4v) is 2.83. The molecule has 0 heterocycles. The summed E-state index contributed by atoms with van der Waals surface area (Å²) in [4.78, 5) is 27.2. The van der Waals surface area contributed by atoms with Crippen LogP contribution in [0.1, 0.15) is 24.0 Å². The van der Waals surface area contributed by atoms with E-state index in [-0.39, 0.29) is 11.8 Å². The van der Waals surface area contributed by atoms with Gasteiger partial charge in [-0.1, -0.05) is 29.8 Å². The van der Waals surface area contributed by atoms with Gasteiger partial charge in [0.1, 0.15) is 5.41 Å². The van der Waals surface area contributed by atoms with E-state index in [9.17, 15) is 9.59 Å². The lowest BCUT2D eigenvalue weighted by molar-refractivity contribution is -0.134. The van der Waals surface area contributed by atoms with Crippen molar-refractivity contribution in [3.63, 3.8) is 0 Å². The summed E-state index contributed by atoms with van der Waals surface area (Å²) in [6.45, 7) is 2.46. The third-order valence-corrected chi connectivity index (χ3v) is 4.83. The van der Waals surface area contributed by atoms with Gasteiger partial charge in [0.15, 0.2) is 0 Å². The first-order chi connectivity index (χ1) is 12.4. The molecule has 5 heteroatoms. The van der Waals surface area contributed by atoms with Gasteiger partial charge in [-0.05, 0) is 49.6 Å². The first kappa shape index (κ1) is 18.0. The van der Waals surface area contributed by atoms with Crippen molar-refractivity contribution < 1.29 is 9.59 Å². The second-order valence-corrected chi connectivity index (χ2v) is 7.15. The van der Waals surface area contributed by atoms with E-state index in [1.807, 2.05) is 74.4 Å². The molecule has 3 rings (SSSR count). The monoisotopic (exact) mass is 351 g/mol. The highest BCUT2D eigenvalue weighted by Crippen LogP contribution is 2.47. The van der Waals surface area contributed by atoms with Crippen LogP contribution >= 0.6 is 0 Å². The van der Waals surface area contributed by atoms with Crippen molar-refractivity contribution in [1.29, 1.82) is 0 Å². The summed E-state index contributed by atoms with van der Waals surface area (Å²) >= 11 is 0. The summed E-state index contributed by atoms with van der Waals surface area (Å²) in [6.07, 6.45) is 1.18. The van der Waals surface area contributed by atoms with Crippen molar-refractivity contribution in [2.45, 2.75) is 26.3 Å². The molecule has 0 bridgehead atoms. The Morgan fingerprint density at radius 1 is 0.962 bits per heavy atom. The minimum atomic E-state index is -0.926. The summed E-state index contributed by atoms with van der Waals surface area (Å²) in [5.74, 6) is -0.419. The van der Waals surface area contributed by atoms with E-state index >= 15 is 0 Å². The molecule has 136 valence electrons. The molecule has 1 aliphatic rings. The molecule has 2 N–H and O–H groups in total.